The van der Waals surface area contributed by atoms with Crippen molar-refractivity contribution in [3.8, 4) is 0 Å². The van der Waals surface area contributed by atoms with E-state index in [9.17, 15) is 22.4 Å². The number of halogens is 4. The zero-order valence-electron chi connectivity index (χ0n) is 11.4. The number of hydrogen-bond donors (Lipinski definition) is 1. The Morgan fingerprint density at radius 1 is 1.57 bits per heavy atom. The molecule has 0 bridgehead atoms. The first kappa shape index (κ1) is 17.8. The van der Waals surface area contributed by atoms with Gasteiger partial charge in [0.25, 0.3) is 0 Å². The number of amides is 1. The second-order valence-corrected chi connectivity index (χ2v) is 4.90. The van der Waals surface area contributed by atoms with Gasteiger partial charge in [-0.05, 0) is 6.26 Å². The third-order valence-corrected chi connectivity index (χ3v) is 3.28. The summed E-state index contributed by atoms with van der Waals surface area (Å²) >= 11 is 1.43. The molecule has 21 heavy (non-hydrogen) atoms. The smallest absolute Gasteiger partial charge is 0.330 e. The Bertz CT molecular complexity index is 482. The lowest BCUT2D eigenvalue weighted by Gasteiger charge is -2.15. The topological polar surface area (TPSA) is 56.1 Å². The number of carbonyl (C=O) groups excluding carboxylic acids is 1. The molecule has 0 saturated carbocycles. The molecular formula is C11H15F4N3O2S. The molecule has 0 radical (unpaired) electrons. The van der Waals surface area contributed by atoms with E-state index in [0.29, 0.717) is 5.69 Å². The SMILES string of the molecule is CSc1ncc(CNC(=O)COCC(F)(F)C(F)F)n1C. The Morgan fingerprint density at radius 2 is 2.24 bits per heavy atom. The first-order valence-corrected chi connectivity index (χ1v) is 7.05. The molecule has 1 heterocycles. The van der Waals surface area contributed by atoms with Gasteiger partial charge >= 0.3 is 12.3 Å². The van der Waals surface area contributed by atoms with Gasteiger partial charge < -0.3 is 14.6 Å². The predicted molar refractivity (Wildman–Crippen MR) is 68.6 cm³/mol. The van der Waals surface area contributed by atoms with Gasteiger partial charge in [-0.2, -0.15) is 8.78 Å². The average Bonchev–Trinajstić information content (AvgIpc) is 2.76. The molecule has 0 atom stereocenters. The van der Waals surface area contributed by atoms with Crippen molar-refractivity contribution in [2.24, 2.45) is 7.05 Å². The first-order valence-electron chi connectivity index (χ1n) is 5.83. The van der Waals surface area contributed by atoms with E-state index in [1.807, 2.05) is 6.26 Å². The number of aromatic nitrogens is 2. The predicted octanol–water partition coefficient (Wildman–Crippen LogP) is 1.68. The maximum absolute atomic E-state index is 12.5. The zero-order valence-corrected chi connectivity index (χ0v) is 12.2. The Labute approximate surface area is 123 Å². The number of carbonyl (C=O) groups is 1. The minimum atomic E-state index is -4.25. The van der Waals surface area contributed by atoms with Crippen molar-refractivity contribution in [3.05, 3.63) is 11.9 Å². The van der Waals surface area contributed by atoms with E-state index in [4.69, 9.17) is 0 Å². The largest absolute Gasteiger partial charge is 0.365 e. The van der Waals surface area contributed by atoms with Crippen molar-refractivity contribution < 1.29 is 27.1 Å². The molecule has 1 amide bonds. The summed E-state index contributed by atoms with van der Waals surface area (Å²) in [6.45, 7) is -2.08. The van der Waals surface area contributed by atoms with E-state index in [1.54, 1.807) is 17.8 Å². The molecule has 0 spiro atoms. The summed E-state index contributed by atoms with van der Waals surface area (Å²) in [5, 5.41) is 3.18. The quantitative estimate of drug-likeness (QED) is 0.582. The van der Waals surface area contributed by atoms with E-state index < -0.39 is 31.5 Å². The zero-order chi connectivity index (χ0) is 16.0. The number of alkyl halides is 4. The van der Waals surface area contributed by atoms with Crippen molar-refractivity contribution >= 4 is 17.7 Å². The average molecular weight is 329 g/mol. The maximum Gasteiger partial charge on any atom is 0.330 e. The number of rotatable bonds is 8. The van der Waals surface area contributed by atoms with Crippen LogP contribution in [0.2, 0.25) is 0 Å². The summed E-state index contributed by atoms with van der Waals surface area (Å²) < 4.78 is 54.8. The van der Waals surface area contributed by atoms with Crippen molar-refractivity contribution in [2.45, 2.75) is 24.0 Å². The Hall–Kier alpha value is -1.29. The molecule has 1 aromatic heterocycles. The number of thioether (sulfide) groups is 1. The molecule has 1 rings (SSSR count). The Kier molecular flexibility index (Phi) is 6.46. The Morgan fingerprint density at radius 3 is 2.76 bits per heavy atom. The van der Waals surface area contributed by atoms with Crippen molar-refractivity contribution in [3.63, 3.8) is 0 Å². The second kappa shape index (κ2) is 7.64. The van der Waals surface area contributed by atoms with Crippen LogP contribution in [0.25, 0.3) is 0 Å². The summed E-state index contributed by atoms with van der Waals surface area (Å²) in [4.78, 5) is 15.4. The number of imidazole rings is 1. The van der Waals surface area contributed by atoms with Crippen LogP contribution in [0.1, 0.15) is 5.69 Å². The van der Waals surface area contributed by atoms with Crippen LogP contribution in [0.5, 0.6) is 0 Å². The van der Waals surface area contributed by atoms with Crippen LogP contribution in [0.3, 0.4) is 0 Å². The monoisotopic (exact) mass is 329 g/mol. The summed E-state index contributed by atoms with van der Waals surface area (Å²) in [7, 11) is 1.76. The lowest BCUT2D eigenvalue weighted by Crippen LogP contribution is -2.35. The lowest BCUT2D eigenvalue weighted by molar-refractivity contribution is -0.168. The fourth-order valence-corrected chi connectivity index (χ4v) is 1.91. The van der Waals surface area contributed by atoms with E-state index >= 15 is 0 Å². The number of hydrogen-bond acceptors (Lipinski definition) is 4. The first-order chi connectivity index (χ1) is 9.77. The van der Waals surface area contributed by atoms with Crippen LogP contribution in [0, 0.1) is 0 Å². The van der Waals surface area contributed by atoms with Crippen LogP contribution >= 0.6 is 11.8 Å². The van der Waals surface area contributed by atoms with E-state index in [1.165, 1.54) is 11.8 Å². The van der Waals surface area contributed by atoms with Crippen LogP contribution in [-0.2, 0) is 23.1 Å². The minimum absolute atomic E-state index is 0.136. The molecule has 0 aromatic carbocycles. The van der Waals surface area contributed by atoms with Gasteiger partial charge in [0.2, 0.25) is 5.91 Å². The normalized spacial score (nSPS) is 12.0. The van der Waals surface area contributed by atoms with Crippen LogP contribution in [-0.4, -0.2) is 47.3 Å². The molecular weight excluding hydrogens is 314 g/mol. The molecule has 1 aromatic rings. The third kappa shape index (κ3) is 5.20. The van der Waals surface area contributed by atoms with Gasteiger partial charge in [0.1, 0.15) is 13.2 Å². The highest BCUT2D eigenvalue weighted by molar-refractivity contribution is 7.98. The van der Waals surface area contributed by atoms with E-state index in [0.717, 1.165) is 5.16 Å². The molecule has 5 nitrogen and oxygen atoms in total. The molecule has 1 N–H and O–H groups in total. The van der Waals surface area contributed by atoms with Gasteiger partial charge in [-0.15, -0.1) is 0 Å². The highest BCUT2D eigenvalue weighted by Gasteiger charge is 2.41. The number of ether oxygens (including phenoxy) is 1. The van der Waals surface area contributed by atoms with Gasteiger partial charge in [0.05, 0.1) is 18.4 Å². The summed E-state index contributed by atoms with van der Waals surface area (Å²) in [5.74, 6) is -4.93. The van der Waals surface area contributed by atoms with Crippen molar-refractivity contribution in [2.75, 3.05) is 19.5 Å². The van der Waals surface area contributed by atoms with Gasteiger partial charge in [-0.3, -0.25) is 4.79 Å². The molecule has 0 aliphatic rings. The molecule has 120 valence electrons. The molecule has 0 unspecified atom stereocenters. The summed E-state index contributed by atoms with van der Waals surface area (Å²) in [6.07, 6.45) is -0.403. The van der Waals surface area contributed by atoms with E-state index in [-0.39, 0.29) is 6.54 Å². The molecule has 0 saturated heterocycles. The highest BCUT2D eigenvalue weighted by Crippen LogP contribution is 2.22. The minimum Gasteiger partial charge on any atom is -0.365 e. The lowest BCUT2D eigenvalue weighted by atomic mass is 10.4. The maximum atomic E-state index is 12.5. The third-order valence-electron chi connectivity index (χ3n) is 2.54. The van der Waals surface area contributed by atoms with Crippen molar-refractivity contribution in [1.29, 1.82) is 0 Å². The highest BCUT2D eigenvalue weighted by atomic mass is 32.2. The second-order valence-electron chi connectivity index (χ2n) is 4.13. The molecule has 0 aliphatic heterocycles. The van der Waals surface area contributed by atoms with Gasteiger partial charge in [0, 0.05) is 7.05 Å². The fraction of sp³-hybridized carbons (Fsp3) is 0.636. The van der Waals surface area contributed by atoms with Gasteiger partial charge in [-0.1, -0.05) is 11.8 Å². The van der Waals surface area contributed by atoms with Crippen LogP contribution in [0.15, 0.2) is 11.4 Å². The summed E-state index contributed by atoms with van der Waals surface area (Å²) in [6, 6.07) is 0. The Balaban J connectivity index is 2.33. The van der Waals surface area contributed by atoms with E-state index in [2.05, 4.69) is 15.0 Å². The van der Waals surface area contributed by atoms with Crippen LogP contribution in [0.4, 0.5) is 17.6 Å². The summed E-state index contributed by atoms with van der Waals surface area (Å²) in [5.41, 5.74) is 0.714. The molecule has 10 heteroatoms. The van der Waals surface area contributed by atoms with Gasteiger partial charge in [-0.25, -0.2) is 13.8 Å². The molecule has 0 fully saturated rings. The number of nitrogens with one attached hydrogen (secondary N) is 1. The number of nitrogens with zero attached hydrogens (tertiary/aromatic N) is 2. The van der Waals surface area contributed by atoms with Crippen molar-refractivity contribution in [1.82, 2.24) is 14.9 Å². The van der Waals surface area contributed by atoms with Crippen LogP contribution < -0.4 is 5.32 Å². The van der Waals surface area contributed by atoms with Gasteiger partial charge in [0.15, 0.2) is 5.16 Å². The standard InChI is InChI=1S/C11H15F4N3O2S/c1-18-7(4-17-10(18)21-2)3-16-8(19)5-20-6-11(14,15)9(12)13/h4,9H,3,5-6H2,1-2H3,(H,16,19). The molecule has 0 aliphatic carbocycles. The fourth-order valence-electron chi connectivity index (χ4n) is 1.36.